The highest BCUT2D eigenvalue weighted by atomic mass is 79.9. The number of halogens is 1. The van der Waals surface area contributed by atoms with Crippen molar-refractivity contribution < 1.29 is 14.6 Å². The van der Waals surface area contributed by atoms with Crippen LogP contribution in [-0.2, 0) is 4.79 Å². The fraction of sp³-hybridized carbons (Fsp3) is 0.474. The van der Waals surface area contributed by atoms with Gasteiger partial charge in [0.25, 0.3) is 5.91 Å². The minimum absolute atomic E-state index is 0.0495. The van der Waals surface area contributed by atoms with Crippen LogP contribution in [0.1, 0.15) is 44.6 Å². The number of hydrogen-bond donors (Lipinski definition) is 1. The van der Waals surface area contributed by atoms with Gasteiger partial charge in [0.15, 0.2) is 16.6 Å². The maximum Gasteiger partial charge on any atom is 0.277 e. The number of hydrogen-bond acceptors (Lipinski definition) is 4. The largest absolute Gasteiger partial charge is 0.503 e. The molecule has 7 heteroatoms. The average Bonchev–Trinajstić information content (AvgIpc) is 2.83. The number of nitrogens with zero attached hydrogens (tertiary/aromatic N) is 2. The Bertz CT molecular complexity index is 759. The zero-order chi connectivity index (χ0) is 18.8. The summed E-state index contributed by atoms with van der Waals surface area (Å²) in [5, 5.41) is 10.6. The van der Waals surface area contributed by atoms with Gasteiger partial charge in [-0.25, -0.2) is 0 Å². The van der Waals surface area contributed by atoms with Crippen LogP contribution in [-0.4, -0.2) is 45.6 Å². The molecule has 3 rings (SSSR count). The Morgan fingerprint density at radius 1 is 1.35 bits per heavy atom. The number of likely N-dealkylation sites (N-methyl/N-ethyl adjacent to an activating group) is 1. The Labute approximate surface area is 167 Å². The molecule has 1 aromatic rings. The number of phenolic OH excluding ortho intramolecular Hbond substituents is 1. The Morgan fingerprint density at radius 2 is 2.04 bits per heavy atom. The van der Waals surface area contributed by atoms with E-state index >= 15 is 0 Å². The molecule has 0 atom stereocenters. The Kier molecular flexibility index (Phi) is 5.87. The third-order valence-electron chi connectivity index (χ3n) is 4.89. The number of aromatic hydroxyl groups is 1. The average molecular weight is 439 g/mol. The van der Waals surface area contributed by atoms with Gasteiger partial charge in [0, 0.05) is 13.1 Å². The highest BCUT2D eigenvalue weighted by molar-refractivity contribution is 9.10. The molecular formula is C19H23BrN2O3S. The van der Waals surface area contributed by atoms with Crippen LogP contribution in [0.3, 0.4) is 0 Å². The molecule has 1 saturated heterocycles. The zero-order valence-electron chi connectivity index (χ0n) is 15.0. The molecule has 2 fully saturated rings. The topological polar surface area (TPSA) is 53.0 Å². The van der Waals surface area contributed by atoms with E-state index in [1.165, 1.54) is 6.42 Å². The summed E-state index contributed by atoms with van der Waals surface area (Å²) in [4.78, 5) is 16.6. The first-order valence-electron chi connectivity index (χ1n) is 8.92. The number of amides is 1. The van der Waals surface area contributed by atoms with Crippen molar-refractivity contribution in [3.05, 3.63) is 27.9 Å². The fourth-order valence-electron chi connectivity index (χ4n) is 3.54. The van der Waals surface area contributed by atoms with Crippen molar-refractivity contribution in [2.24, 2.45) is 0 Å². The van der Waals surface area contributed by atoms with Gasteiger partial charge in [-0.1, -0.05) is 19.3 Å². The van der Waals surface area contributed by atoms with Gasteiger partial charge in [-0.2, -0.15) is 0 Å². The van der Waals surface area contributed by atoms with Crippen molar-refractivity contribution in [2.75, 3.05) is 13.7 Å². The summed E-state index contributed by atoms with van der Waals surface area (Å²) in [5.41, 5.74) is 1.31. The molecular weight excluding hydrogens is 416 g/mol. The molecule has 0 bridgehead atoms. The minimum atomic E-state index is -0.0495. The molecule has 5 nitrogen and oxygen atoms in total. The monoisotopic (exact) mass is 438 g/mol. The molecule has 1 N–H and O–H groups in total. The molecule has 0 aromatic heterocycles. The maximum atomic E-state index is 13.0. The van der Waals surface area contributed by atoms with Gasteiger partial charge < -0.3 is 14.7 Å². The van der Waals surface area contributed by atoms with Gasteiger partial charge in [-0.15, -0.1) is 0 Å². The van der Waals surface area contributed by atoms with E-state index in [9.17, 15) is 9.90 Å². The SMILES string of the molecule is CCOc1cc(C=C2C(=O)N(C3CCCCC3)C(=S)N2C)cc(Br)c1O. The number of phenols is 1. The molecule has 0 radical (unpaired) electrons. The van der Waals surface area contributed by atoms with E-state index in [4.69, 9.17) is 17.0 Å². The first-order chi connectivity index (χ1) is 12.4. The van der Waals surface area contributed by atoms with Gasteiger partial charge in [0.2, 0.25) is 0 Å². The second kappa shape index (κ2) is 7.96. The predicted molar refractivity (Wildman–Crippen MR) is 109 cm³/mol. The summed E-state index contributed by atoms with van der Waals surface area (Å²) in [7, 11) is 1.83. The molecule has 1 aliphatic heterocycles. The van der Waals surface area contributed by atoms with Gasteiger partial charge in [0.1, 0.15) is 5.70 Å². The molecule has 2 aliphatic rings. The predicted octanol–water partition coefficient (Wildman–Crippen LogP) is 4.29. The van der Waals surface area contributed by atoms with E-state index in [0.29, 0.717) is 27.6 Å². The summed E-state index contributed by atoms with van der Waals surface area (Å²) in [5.74, 6) is 0.388. The zero-order valence-corrected chi connectivity index (χ0v) is 17.4. The standard InChI is InChI=1S/C19H23BrN2O3S/c1-3-25-16-11-12(9-14(20)17(16)23)10-15-18(24)22(19(26)21(15)2)13-7-5-4-6-8-13/h9-11,13,23H,3-8H2,1-2H3. The molecule has 1 amide bonds. The number of benzene rings is 1. The number of carbonyl (C=O) groups excluding carboxylic acids is 1. The summed E-state index contributed by atoms with van der Waals surface area (Å²) >= 11 is 8.88. The van der Waals surface area contributed by atoms with E-state index in [0.717, 1.165) is 31.2 Å². The van der Waals surface area contributed by atoms with E-state index < -0.39 is 0 Å². The first-order valence-corrected chi connectivity index (χ1v) is 10.1. The van der Waals surface area contributed by atoms with Gasteiger partial charge in [-0.05, 0) is 71.7 Å². The lowest BCUT2D eigenvalue weighted by Gasteiger charge is -2.30. The third kappa shape index (κ3) is 3.60. The van der Waals surface area contributed by atoms with Crippen molar-refractivity contribution in [1.29, 1.82) is 0 Å². The summed E-state index contributed by atoms with van der Waals surface area (Å²) in [6, 6.07) is 3.69. The molecule has 1 heterocycles. The summed E-state index contributed by atoms with van der Waals surface area (Å²) < 4.78 is 5.99. The normalized spacial score (nSPS) is 20.3. The van der Waals surface area contributed by atoms with E-state index in [1.807, 2.05) is 14.0 Å². The van der Waals surface area contributed by atoms with Crippen LogP contribution in [0, 0.1) is 0 Å². The first kappa shape index (κ1) is 19.2. The highest BCUT2D eigenvalue weighted by Crippen LogP contribution is 2.37. The summed E-state index contributed by atoms with van der Waals surface area (Å²) in [6.45, 7) is 2.30. The second-order valence-corrected chi connectivity index (χ2v) is 7.84. The minimum Gasteiger partial charge on any atom is -0.503 e. The molecule has 1 saturated carbocycles. The van der Waals surface area contributed by atoms with Crippen LogP contribution in [0.4, 0.5) is 0 Å². The molecule has 0 spiro atoms. The maximum absolute atomic E-state index is 13.0. The highest BCUT2D eigenvalue weighted by Gasteiger charge is 2.40. The van der Waals surface area contributed by atoms with Crippen LogP contribution in [0.2, 0.25) is 0 Å². The van der Waals surface area contributed by atoms with Crippen LogP contribution in [0.25, 0.3) is 6.08 Å². The third-order valence-corrected chi connectivity index (χ3v) is 5.96. The Balaban J connectivity index is 1.93. The van der Waals surface area contributed by atoms with Crippen molar-refractivity contribution in [3.8, 4) is 11.5 Å². The Morgan fingerprint density at radius 3 is 2.69 bits per heavy atom. The molecule has 140 valence electrons. The van der Waals surface area contributed by atoms with Crippen molar-refractivity contribution in [2.45, 2.75) is 45.1 Å². The second-order valence-electron chi connectivity index (χ2n) is 6.62. The number of rotatable bonds is 4. The smallest absolute Gasteiger partial charge is 0.277 e. The van der Waals surface area contributed by atoms with E-state index in [-0.39, 0.29) is 17.7 Å². The summed E-state index contributed by atoms with van der Waals surface area (Å²) in [6.07, 6.45) is 7.32. The van der Waals surface area contributed by atoms with Crippen LogP contribution in [0.5, 0.6) is 11.5 Å². The lowest BCUT2D eigenvalue weighted by molar-refractivity contribution is -0.124. The quantitative estimate of drug-likeness (QED) is 0.561. The number of ether oxygens (including phenoxy) is 1. The lowest BCUT2D eigenvalue weighted by Crippen LogP contribution is -2.41. The van der Waals surface area contributed by atoms with E-state index in [2.05, 4.69) is 15.9 Å². The van der Waals surface area contributed by atoms with Crippen LogP contribution < -0.4 is 4.74 Å². The van der Waals surface area contributed by atoms with Gasteiger partial charge in [0.05, 0.1) is 11.1 Å². The molecule has 0 unspecified atom stereocenters. The number of carbonyl (C=O) groups is 1. The fourth-order valence-corrected chi connectivity index (χ4v) is 4.33. The molecule has 26 heavy (non-hydrogen) atoms. The number of thiocarbonyl (C=S) groups is 1. The van der Waals surface area contributed by atoms with Crippen molar-refractivity contribution >= 4 is 45.2 Å². The molecule has 1 aliphatic carbocycles. The van der Waals surface area contributed by atoms with Crippen molar-refractivity contribution in [1.82, 2.24) is 9.80 Å². The van der Waals surface area contributed by atoms with Gasteiger partial charge >= 0.3 is 0 Å². The van der Waals surface area contributed by atoms with Crippen LogP contribution in [0.15, 0.2) is 22.3 Å². The molecule has 1 aromatic carbocycles. The van der Waals surface area contributed by atoms with Crippen LogP contribution >= 0.6 is 28.1 Å². The van der Waals surface area contributed by atoms with Gasteiger partial charge in [-0.3, -0.25) is 9.69 Å². The van der Waals surface area contributed by atoms with E-state index in [1.54, 1.807) is 28.0 Å². The Hall–Kier alpha value is -1.60. The lowest BCUT2D eigenvalue weighted by atomic mass is 9.94. The van der Waals surface area contributed by atoms with Crippen molar-refractivity contribution in [3.63, 3.8) is 0 Å².